The molecule has 0 saturated carbocycles. The SMILES string of the molecule is [Ir].[c-]1cc2c(cc1-c1ccccn1)-c1ccccc1-c1ccccc1O2. The van der Waals surface area contributed by atoms with Gasteiger partial charge in [-0.05, 0) is 29.0 Å². The molecule has 1 aliphatic rings. The van der Waals surface area contributed by atoms with Gasteiger partial charge in [0.05, 0.1) is 5.75 Å². The molecule has 0 aliphatic carbocycles. The molecule has 0 spiro atoms. The fourth-order valence-corrected chi connectivity index (χ4v) is 3.29. The second kappa shape index (κ2) is 6.87. The summed E-state index contributed by atoms with van der Waals surface area (Å²) in [5, 5.41) is 0. The molecule has 0 bridgehead atoms. The average Bonchev–Trinajstić information content (AvgIpc) is 2.83. The number of hydrogen-bond acceptors (Lipinski definition) is 2. The van der Waals surface area contributed by atoms with Gasteiger partial charge in [0, 0.05) is 31.9 Å². The summed E-state index contributed by atoms with van der Waals surface area (Å²) in [4.78, 5) is 4.44. The number of rotatable bonds is 1. The van der Waals surface area contributed by atoms with Gasteiger partial charge in [-0.2, -0.15) is 0 Å². The zero-order valence-corrected chi connectivity index (χ0v) is 16.2. The second-order valence-corrected chi connectivity index (χ2v) is 5.98. The zero-order valence-electron chi connectivity index (χ0n) is 13.8. The Bertz CT molecular complexity index is 1080. The van der Waals surface area contributed by atoms with Crippen LogP contribution in [0.5, 0.6) is 11.5 Å². The van der Waals surface area contributed by atoms with E-state index in [0.29, 0.717) is 0 Å². The Morgan fingerprint density at radius 1 is 0.692 bits per heavy atom. The number of pyridine rings is 1. The van der Waals surface area contributed by atoms with E-state index in [1.807, 2.05) is 42.5 Å². The van der Waals surface area contributed by atoms with Gasteiger partial charge < -0.3 is 9.72 Å². The van der Waals surface area contributed by atoms with Crippen LogP contribution in [-0.4, -0.2) is 4.98 Å². The first-order chi connectivity index (χ1) is 12.4. The zero-order chi connectivity index (χ0) is 16.6. The quantitative estimate of drug-likeness (QED) is 0.258. The Hall–Kier alpha value is -2.74. The maximum atomic E-state index is 6.22. The maximum Gasteiger partial charge on any atom is 0.122 e. The van der Waals surface area contributed by atoms with Gasteiger partial charge >= 0.3 is 0 Å². The van der Waals surface area contributed by atoms with Gasteiger partial charge in [-0.25, -0.2) is 0 Å². The molecule has 1 aliphatic heterocycles. The number of benzene rings is 3. The molecule has 0 unspecified atom stereocenters. The van der Waals surface area contributed by atoms with E-state index in [9.17, 15) is 0 Å². The van der Waals surface area contributed by atoms with Crippen LogP contribution in [0.3, 0.4) is 0 Å². The number of nitrogens with zero attached hydrogens (tertiary/aromatic N) is 1. The van der Waals surface area contributed by atoms with Crippen LogP contribution in [-0.2, 0) is 20.1 Å². The van der Waals surface area contributed by atoms with E-state index >= 15 is 0 Å². The first-order valence-corrected chi connectivity index (χ1v) is 8.24. The number of fused-ring (bicyclic) bond motifs is 5. The van der Waals surface area contributed by atoms with E-state index in [1.54, 1.807) is 6.20 Å². The minimum Gasteiger partial charge on any atom is -0.500 e. The van der Waals surface area contributed by atoms with E-state index in [-0.39, 0.29) is 20.1 Å². The Labute approximate surface area is 165 Å². The number of ether oxygens (including phenoxy) is 1. The molecule has 2 heterocycles. The van der Waals surface area contributed by atoms with Gasteiger partial charge in [0.2, 0.25) is 0 Å². The molecule has 127 valence electrons. The number of aromatic nitrogens is 1. The van der Waals surface area contributed by atoms with Gasteiger partial charge in [-0.15, -0.1) is 23.8 Å². The van der Waals surface area contributed by atoms with Gasteiger partial charge in [-0.3, -0.25) is 0 Å². The Kier molecular flexibility index (Phi) is 4.42. The summed E-state index contributed by atoms with van der Waals surface area (Å²) >= 11 is 0. The standard InChI is InChI=1S/C23H14NO.Ir/c1-2-8-18-17(7-1)19-9-3-4-11-22(19)25-23-13-12-16(15-20(18)23)21-10-5-6-14-24-21;/h1-11,13-15H;/q-1;. The van der Waals surface area contributed by atoms with Crippen LogP contribution in [0.1, 0.15) is 0 Å². The summed E-state index contributed by atoms with van der Waals surface area (Å²) in [7, 11) is 0. The molecular weight excluding hydrogens is 498 g/mol. The van der Waals surface area contributed by atoms with Crippen molar-refractivity contribution in [2.24, 2.45) is 0 Å². The third-order valence-electron chi connectivity index (χ3n) is 4.47. The Morgan fingerprint density at radius 3 is 2.15 bits per heavy atom. The molecule has 4 aromatic rings. The van der Waals surface area contributed by atoms with Crippen molar-refractivity contribution in [2.75, 3.05) is 0 Å². The minimum atomic E-state index is 0. The van der Waals surface area contributed by atoms with Crippen LogP contribution < -0.4 is 4.74 Å². The van der Waals surface area contributed by atoms with Crippen molar-refractivity contribution >= 4 is 0 Å². The predicted molar refractivity (Wildman–Crippen MR) is 99.5 cm³/mol. The molecular formula is C23H14IrNO-. The summed E-state index contributed by atoms with van der Waals surface area (Å²) in [5.41, 5.74) is 6.37. The van der Waals surface area contributed by atoms with Gasteiger partial charge in [0.15, 0.2) is 0 Å². The van der Waals surface area contributed by atoms with Crippen LogP contribution in [0, 0.1) is 6.07 Å². The monoisotopic (exact) mass is 513 g/mol. The van der Waals surface area contributed by atoms with Gasteiger partial charge in [-0.1, -0.05) is 60.2 Å². The van der Waals surface area contributed by atoms with Crippen molar-refractivity contribution in [2.45, 2.75) is 0 Å². The fraction of sp³-hybridized carbons (Fsp3) is 0. The summed E-state index contributed by atoms with van der Waals surface area (Å²) < 4.78 is 6.22. The first-order valence-electron chi connectivity index (χ1n) is 8.24. The van der Waals surface area contributed by atoms with Gasteiger partial charge in [0.25, 0.3) is 0 Å². The smallest absolute Gasteiger partial charge is 0.122 e. The van der Waals surface area contributed by atoms with Crippen LogP contribution in [0.15, 0.2) is 85.1 Å². The van der Waals surface area contributed by atoms with Crippen molar-refractivity contribution in [1.29, 1.82) is 0 Å². The number of para-hydroxylation sites is 1. The first kappa shape index (κ1) is 16.7. The number of hydrogen-bond donors (Lipinski definition) is 0. The van der Waals surface area contributed by atoms with E-state index in [1.165, 1.54) is 5.56 Å². The summed E-state index contributed by atoms with van der Waals surface area (Å²) in [5.74, 6) is 1.68. The average molecular weight is 513 g/mol. The molecule has 0 amide bonds. The largest absolute Gasteiger partial charge is 0.500 e. The van der Waals surface area contributed by atoms with Crippen molar-refractivity contribution in [3.63, 3.8) is 0 Å². The molecule has 26 heavy (non-hydrogen) atoms. The van der Waals surface area contributed by atoms with Crippen molar-refractivity contribution in [1.82, 2.24) is 4.98 Å². The molecule has 3 aromatic carbocycles. The molecule has 5 rings (SSSR count). The van der Waals surface area contributed by atoms with Crippen molar-refractivity contribution < 1.29 is 24.8 Å². The normalized spacial score (nSPS) is 11.1. The van der Waals surface area contributed by atoms with E-state index in [0.717, 1.165) is 39.4 Å². The summed E-state index contributed by atoms with van der Waals surface area (Å²) in [6.07, 6.45) is 1.80. The van der Waals surface area contributed by atoms with E-state index in [2.05, 4.69) is 47.4 Å². The molecule has 1 radical (unpaired) electrons. The predicted octanol–water partition coefficient (Wildman–Crippen LogP) is 5.99. The molecule has 2 nitrogen and oxygen atoms in total. The Balaban J connectivity index is 0.00000168. The summed E-state index contributed by atoms with van der Waals surface area (Å²) in [6.45, 7) is 0. The molecule has 0 atom stereocenters. The summed E-state index contributed by atoms with van der Waals surface area (Å²) in [6, 6.07) is 29.8. The van der Waals surface area contributed by atoms with E-state index in [4.69, 9.17) is 4.74 Å². The molecule has 0 fully saturated rings. The van der Waals surface area contributed by atoms with Crippen LogP contribution in [0.2, 0.25) is 0 Å². The minimum absolute atomic E-state index is 0. The van der Waals surface area contributed by atoms with Crippen molar-refractivity contribution in [3.8, 4) is 45.0 Å². The van der Waals surface area contributed by atoms with Gasteiger partial charge in [0.1, 0.15) is 5.75 Å². The second-order valence-electron chi connectivity index (χ2n) is 5.98. The Morgan fingerprint density at radius 2 is 1.38 bits per heavy atom. The maximum absolute atomic E-state index is 6.22. The molecule has 0 saturated heterocycles. The third-order valence-corrected chi connectivity index (χ3v) is 4.47. The molecule has 3 heteroatoms. The van der Waals surface area contributed by atoms with Crippen molar-refractivity contribution in [3.05, 3.63) is 91.1 Å². The van der Waals surface area contributed by atoms with E-state index < -0.39 is 0 Å². The van der Waals surface area contributed by atoms with Crippen LogP contribution in [0.4, 0.5) is 0 Å². The molecule has 1 aromatic heterocycles. The fourth-order valence-electron chi connectivity index (χ4n) is 3.29. The topological polar surface area (TPSA) is 22.1 Å². The third kappa shape index (κ3) is 2.76. The molecule has 0 N–H and O–H groups in total. The van der Waals surface area contributed by atoms with Crippen LogP contribution >= 0.6 is 0 Å². The van der Waals surface area contributed by atoms with Crippen LogP contribution in [0.25, 0.3) is 33.5 Å².